The Labute approximate surface area is 109 Å². The van der Waals surface area contributed by atoms with Gasteiger partial charge in [-0.1, -0.05) is 12.1 Å². The van der Waals surface area contributed by atoms with Crippen LogP contribution in [0.25, 0.3) is 5.65 Å². The molecule has 0 saturated carbocycles. The maximum absolute atomic E-state index is 12.8. The molecule has 0 atom stereocenters. The fourth-order valence-corrected chi connectivity index (χ4v) is 1.79. The van der Waals surface area contributed by atoms with Gasteiger partial charge in [0.1, 0.15) is 11.6 Å². The number of halogens is 1. The van der Waals surface area contributed by atoms with Gasteiger partial charge in [0, 0.05) is 6.54 Å². The van der Waals surface area contributed by atoms with Gasteiger partial charge in [-0.15, -0.1) is 15.3 Å². The summed E-state index contributed by atoms with van der Waals surface area (Å²) in [5.74, 6) is 1.23. The molecule has 19 heavy (non-hydrogen) atoms. The summed E-state index contributed by atoms with van der Waals surface area (Å²) in [5.41, 5.74) is 1.70. The first-order valence-corrected chi connectivity index (χ1v) is 5.90. The molecule has 3 rings (SSSR count). The van der Waals surface area contributed by atoms with Crippen LogP contribution in [-0.4, -0.2) is 19.8 Å². The van der Waals surface area contributed by atoms with Crippen molar-refractivity contribution in [2.75, 3.05) is 5.32 Å². The minimum absolute atomic E-state index is 0.233. The van der Waals surface area contributed by atoms with Crippen LogP contribution in [-0.2, 0) is 6.54 Å². The Morgan fingerprint density at radius 3 is 2.68 bits per heavy atom. The van der Waals surface area contributed by atoms with Crippen LogP contribution in [0, 0.1) is 12.7 Å². The number of rotatable bonds is 3. The highest BCUT2D eigenvalue weighted by Gasteiger charge is 2.03. The summed E-state index contributed by atoms with van der Waals surface area (Å²) in [6.45, 7) is 2.43. The monoisotopic (exact) mass is 257 g/mol. The van der Waals surface area contributed by atoms with Gasteiger partial charge in [0.2, 0.25) is 0 Å². The second-order valence-corrected chi connectivity index (χ2v) is 4.22. The molecule has 0 aliphatic carbocycles. The van der Waals surface area contributed by atoms with Crippen LogP contribution >= 0.6 is 0 Å². The van der Waals surface area contributed by atoms with Crippen LogP contribution < -0.4 is 5.32 Å². The van der Waals surface area contributed by atoms with E-state index < -0.39 is 0 Å². The number of nitrogens with zero attached hydrogens (tertiary/aromatic N) is 4. The average Bonchev–Trinajstić information content (AvgIpc) is 2.80. The second-order valence-electron chi connectivity index (χ2n) is 4.22. The lowest BCUT2D eigenvalue weighted by molar-refractivity contribution is 0.627. The van der Waals surface area contributed by atoms with Gasteiger partial charge in [-0.25, -0.2) is 4.39 Å². The molecule has 5 nitrogen and oxygen atoms in total. The zero-order valence-corrected chi connectivity index (χ0v) is 10.3. The molecule has 0 aliphatic rings. The van der Waals surface area contributed by atoms with Crippen molar-refractivity contribution in [2.24, 2.45) is 0 Å². The first-order chi connectivity index (χ1) is 9.22. The summed E-state index contributed by atoms with van der Waals surface area (Å²) in [4.78, 5) is 0. The molecule has 0 amide bonds. The number of aromatic nitrogens is 4. The summed E-state index contributed by atoms with van der Waals surface area (Å²) in [7, 11) is 0. The van der Waals surface area contributed by atoms with Gasteiger partial charge in [0.05, 0.1) is 0 Å². The number of hydrogen-bond donors (Lipinski definition) is 1. The largest absolute Gasteiger partial charge is 0.365 e. The van der Waals surface area contributed by atoms with Crippen LogP contribution in [0.2, 0.25) is 0 Å². The summed E-state index contributed by atoms with van der Waals surface area (Å²) in [6.07, 6.45) is 0. The van der Waals surface area contributed by atoms with E-state index in [0.29, 0.717) is 12.2 Å². The number of anilines is 1. The van der Waals surface area contributed by atoms with Crippen molar-refractivity contribution in [3.63, 3.8) is 0 Å². The average molecular weight is 257 g/mol. The molecule has 2 aromatic heterocycles. The Hall–Kier alpha value is -2.50. The lowest BCUT2D eigenvalue weighted by Gasteiger charge is -2.06. The maximum atomic E-state index is 12.8. The third-order valence-electron chi connectivity index (χ3n) is 2.81. The molecule has 1 N–H and O–H groups in total. The van der Waals surface area contributed by atoms with Crippen molar-refractivity contribution < 1.29 is 4.39 Å². The van der Waals surface area contributed by atoms with Gasteiger partial charge >= 0.3 is 0 Å². The van der Waals surface area contributed by atoms with E-state index in [1.165, 1.54) is 12.1 Å². The first-order valence-electron chi connectivity index (χ1n) is 5.90. The number of fused-ring (bicyclic) bond motifs is 1. The van der Waals surface area contributed by atoms with Crippen LogP contribution in [0.5, 0.6) is 0 Å². The van der Waals surface area contributed by atoms with Gasteiger partial charge in [-0.2, -0.15) is 4.52 Å². The van der Waals surface area contributed by atoms with Crippen molar-refractivity contribution in [2.45, 2.75) is 13.5 Å². The van der Waals surface area contributed by atoms with Gasteiger partial charge < -0.3 is 5.32 Å². The van der Waals surface area contributed by atoms with E-state index in [1.54, 1.807) is 16.6 Å². The molecule has 0 fully saturated rings. The summed E-state index contributed by atoms with van der Waals surface area (Å²) < 4.78 is 14.5. The van der Waals surface area contributed by atoms with E-state index in [4.69, 9.17) is 0 Å². The van der Waals surface area contributed by atoms with Crippen molar-refractivity contribution >= 4 is 11.5 Å². The highest BCUT2D eigenvalue weighted by atomic mass is 19.1. The molecular weight excluding hydrogens is 245 g/mol. The Kier molecular flexibility index (Phi) is 2.83. The normalized spacial score (nSPS) is 10.8. The molecule has 0 unspecified atom stereocenters. The molecular formula is C13H12FN5. The van der Waals surface area contributed by atoms with E-state index in [-0.39, 0.29) is 5.82 Å². The SMILES string of the molecule is Cc1nnc2ccc(NCc3ccc(F)cc3)nn12. The lowest BCUT2D eigenvalue weighted by Crippen LogP contribution is -2.04. The number of benzene rings is 1. The first kappa shape index (κ1) is 11.6. The van der Waals surface area contributed by atoms with E-state index in [0.717, 1.165) is 17.2 Å². The molecule has 3 aromatic rings. The summed E-state index contributed by atoms with van der Waals surface area (Å²) in [5, 5.41) is 15.5. The molecule has 1 aromatic carbocycles. The number of hydrogen-bond acceptors (Lipinski definition) is 4. The smallest absolute Gasteiger partial charge is 0.178 e. The van der Waals surface area contributed by atoms with Gasteiger partial charge in [0.25, 0.3) is 0 Å². The van der Waals surface area contributed by atoms with Gasteiger partial charge in [-0.3, -0.25) is 0 Å². The standard InChI is InChI=1S/C13H12FN5/c1-9-16-17-13-7-6-12(18-19(9)13)15-8-10-2-4-11(14)5-3-10/h2-7H,8H2,1H3,(H,15,18). The Morgan fingerprint density at radius 2 is 1.89 bits per heavy atom. The minimum Gasteiger partial charge on any atom is -0.365 e. The van der Waals surface area contributed by atoms with Crippen LogP contribution in [0.1, 0.15) is 11.4 Å². The molecule has 0 bridgehead atoms. The highest BCUT2D eigenvalue weighted by molar-refractivity contribution is 5.44. The highest BCUT2D eigenvalue weighted by Crippen LogP contribution is 2.09. The van der Waals surface area contributed by atoms with Gasteiger partial charge in [-0.05, 0) is 36.8 Å². The number of nitrogens with one attached hydrogen (secondary N) is 1. The van der Waals surface area contributed by atoms with Crippen molar-refractivity contribution in [3.05, 3.63) is 53.6 Å². The molecule has 0 radical (unpaired) electrons. The fraction of sp³-hybridized carbons (Fsp3) is 0.154. The predicted molar refractivity (Wildman–Crippen MR) is 69.2 cm³/mol. The van der Waals surface area contributed by atoms with E-state index in [9.17, 15) is 4.39 Å². The Morgan fingerprint density at radius 1 is 1.11 bits per heavy atom. The topological polar surface area (TPSA) is 55.1 Å². The number of aryl methyl sites for hydroxylation is 1. The van der Waals surface area contributed by atoms with E-state index >= 15 is 0 Å². The van der Waals surface area contributed by atoms with Crippen LogP contribution in [0.15, 0.2) is 36.4 Å². The third-order valence-corrected chi connectivity index (χ3v) is 2.81. The zero-order chi connectivity index (χ0) is 13.2. The minimum atomic E-state index is -0.233. The summed E-state index contributed by atoms with van der Waals surface area (Å²) in [6, 6.07) is 10.1. The molecule has 6 heteroatoms. The fourth-order valence-electron chi connectivity index (χ4n) is 1.79. The van der Waals surface area contributed by atoms with Gasteiger partial charge in [0.15, 0.2) is 11.5 Å². The third kappa shape index (κ3) is 2.37. The maximum Gasteiger partial charge on any atom is 0.178 e. The molecule has 0 saturated heterocycles. The Bertz CT molecular complexity index is 705. The van der Waals surface area contributed by atoms with Crippen molar-refractivity contribution in [3.8, 4) is 0 Å². The zero-order valence-electron chi connectivity index (χ0n) is 10.3. The predicted octanol–water partition coefficient (Wildman–Crippen LogP) is 2.18. The van der Waals surface area contributed by atoms with Crippen molar-refractivity contribution in [1.29, 1.82) is 0 Å². The van der Waals surface area contributed by atoms with E-state index in [1.807, 2.05) is 19.1 Å². The van der Waals surface area contributed by atoms with Crippen LogP contribution in [0.3, 0.4) is 0 Å². The second kappa shape index (κ2) is 4.64. The summed E-state index contributed by atoms with van der Waals surface area (Å²) >= 11 is 0. The van der Waals surface area contributed by atoms with Crippen molar-refractivity contribution in [1.82, 2.24) is 19.8 Å². The molecule has 2 heterocycles. The molecule has 96 valence electrons. The van der Waals surface area contributed by atoms with E-state index in [2.05, 4.69) is 20.6 Å². The lowest BCUT2D eigenvalue weighted by atomic mass is 10.2. The molecule has 0 spiro atoms. The molecule has 0 aliphatic heterocycles. The quantitative estimate of drug-likeness (QED) is 0.781. The Balaban J connectivity index is 1.77. The van der Waals surface area contributed by atoms with Crippen LogP contribution in [0.4, 0.5) is 10.2 Å².